The van der Waals surface area contributed by atoms with Crippen LogP contribution in [0.25, 0.3) is 0 Å². The van der Waals surface area contributed by atoms with Crippen LogP contribution in [0, 0.1) is 13.8 Å². The van der Waals surface area contributed by atoms with Crippen molar-refractivity contribution in [2.24, 2.45) is 0 Å². The van der Waals surface area contributed by atoms with Crippen LogP contribution in [-0.4, -0.2) is 33.6 Å². The molecule has 0 amide bonds. The molecule has 8 heteroatoms. The van der Waals surface area contributed by atoms with Crippen LogP contribution in [0.2, 0.25) is 0 Å². The minimum absolute atomic E-state index is 0.256. The number of aromatic nitrogens is 4. The summed E-state index contributed by atoms with van der Waals surface area (Å²) in [5, 5.41) is 10.9. The molecule has 4 N–H and O–H groups in total. The second kappa shape index (κ2) is 8.89. The highest BCUT2D eigenvalue weighted by Crippen LogP contribution is 2.36. The van der Waals surface area contributed by atoms with Gasteiger partial charge in [-0.25, -0.2) is 0 Å². The molecule has 3 aromatic rings. The number of aryl methyl sites for hydroxylation is 2. The van der Waals surface area contributed by atoms with Gasteiger partial charge in [-0.3, -0.25) is 19.8 Å². The third-order valence-electron chi connectivity index (χ3n) is 4.96. The summed E-state index contributed by atoms with van der Waals surface area (Å²) in [5.41, 5.74) is 2.63. The Balaban J connectivity index is 2.15. The van der Waals surface area contributed by atoms with Crippen molar-refractivity contribution in [2.45, 2.75) is 46.5 Å². The van der Waals surface area contributed by atoms with Gasteiger partial charge in [-0.1, -0.05) is 19.4 Å². The largest absolute Gasteiger partial charge is 0.490 e. The number of unbranched alkanes of at least 4 members (excludes halogenated alkanes) is 1. The summed E-state index contributed by atoms with van der Waals surface area (Å²) in [6, 6.07) is 5.58. The lowest BCUT2D eigenvalue weighted by Crippen LogP contribution is -2.20. The van der Waals surface area contributed by atoms with Crippen molar-refractivity contribution in [1.82, 2.24) is 20.4 Å². The lowest BCUT2D eigenvalue weighted by molar-refractivity contribution is 0.272. The summed E-state index contributed by atoms with van der Waals surface area (Å²) >= 11 is 0. The third kappa shape index (κ3) is 4.16. The SMILES string of the molecule is CCCCOc1ccc(C(c2c(C)[nH][nH]c2=O)c2c(C)[nH][nH]c2=O)cc1OCC. The van der Waals surface area contributed by atoms with Crippen LogP contribution in [0.4, 0.5) is 0 Å². The highest BCUT2D eigenvalue weighted by molar-refractivity contribution is 5.50. The first-order chi connectivity index (χ1) is 14.0. The second-order valence-corrected chi connectivity index (χ2v) is 7.01. The number of ether oxygens (including phenoxy) is 2. The predicted octanol–water partition coefficient (Wildman–Crippen LogP) is 3.09. The van der Waals surface area contributed by atoms with E-state index in [1.54, 1.807) is 0 Å². The Hall–Kier alpha value is -3.16. The van der Waals surface area contributed by atoms with Crippen LogP contribution < -0.4 is 20.6 Å². The molecule has 156 valence electrons. The summed E-state index contributed by atoms with van der Waals surface area (Å²) < 4.78 is 11.7. The number of hydrogen-bond acceptors (Lipinski definition) is 4. The van der Waals surface area contributed by atoms with Gasteiger partial charge >= 0.3 is 0 Å². The Morgan fingerprint density at radius 3 is 1.97 bits per heavy atom. The minimum Gasteiger partial charge on any atom is -0.490 e. The smallest absolute Gasteiger partial charge is 0.268 e. The van der Waals surface area contributed by atoms with Crippen molar-refractivity contribution in [3.05, 3.63) is 67.0 Å². The molecule has 8 nitrogen and oxygen atoms in total. The molecule has 0 bridgehead atoms. The third-order valence-corrected chi connectivity index (χ3v) is 4.96. The molecular weight excluding hydrogens is 372 g/mol. The van der Waals surface area contributed by atoms with Crippen molar-refractivity contribution in [3.63, 3.8) is 0 Å². The second-order valence-electron chi connectivity index (χ2n) is 7.01. The van der Waals surface area contributed by atoms with Crippen LogP contribution in [0.5, 0.6) is 11.5 Å². The zero-order chi connectivity index (χ0) is 21.0. The predicted molar refractivity (Wildman–Crippen MR) is 111 cm³/mol. The van der Waals surface area contributed by atoms with Crippen molar-refractivity contribution in [3.8, 4) is 11.5 Å². The number of H-pyrrole nitrogens is 4. The van der Waals surface area contributed by atoms with E-state index in [4.69, 9.17) is 9.47 Å². The van der Waals surface area contributed by atoms with Gasteiger partial charge in [-0.05, 0) is 44.9 Å². The molecule has 0 saturated carbocycles. The van der Waals surface area contributed by atoms with Crippen LogP contribution in [0.3, 0.4) is 0 Å². The molecule has 29 heavy (non-hydrogen) atoms. The standard InChI is InChI=1S/C21H28N4O4/c1-5-7-10-29-15-9-8-14(11-16(15)28-6-2)19(17-12(3)22-24-20(17)26)18-13(4)23-25-21(18)27/h8-9,11,19H,5-7,10H2,1-4H3,(H2,22,24,26)(H2,23,25,27). The number of hydrogen-bond donors (Lipinski definition) is 4. The number of nitrogens with one attached hydrogen (secondary N) is 4. The van der Waals surface area contributed by atoms with Crippen molar-refractivity contribution < 1.29 is 9.47 Å². The summed E-state index contributed by atoms with van der Waals surface area (Å²) in [7, 11) is 0. The van der Waals surface area contributed by atoms with E-state index >= 15 is 0 Å². The van der Waals surface area contributed by atoms with Gasteiger partial charge in [0.1, 0.15) is 0 Å². The van der Waals surface area contributed by atoms with Gasteiger partial charge < -0.3 is 19.7 Å². The molecule has 0 aliphatic carbocycles. The summed E-state index contributed by atoms with van der Waals surface area (Å²) in [6.45, 7) is 8.71. The summed E-state index contributed by atoms with van der Waals surface area (Å²) in [4.78, 5) is 25.1. The van der Waals surface area contributed by atoms with Gasteiger partial charge in [0.15, 0.2) is 11.5 Å². The molecule has 0 fully saturated rings. The highest BCUT2D eigenvalue weighted by Gasteiger charge is 2.28. The fourth-order valence-electron chi connectivity index (χ4n) is 3.50. The maximum absolute atomic E-state index is 12.6. The first-order valence-corrected chi connectivity index (χ1v) is 9.91. The molecule has 1 aromatic carbocycles. The van der Waals surface area contributed by atoms with E-state index in [0.29, 0.717) is 47.2 Å². The van der Waals surface area contributed by atoms with Gasteiger partial charge in [0, 0.05) is 17.3 Å². The van der Waals surface area contributed by atoms with E-state index in [1.807, 2.05) is 39.0 Å². The lowest BCUT2D eigenvalue weighted by Gasteiger charge is -2.19. The molecule has 0 unspecified atom stereocenters. The number of rotatable bonds is 9. The molecule has 0 radical (unpaired) electrons. The zero-order valence-corrected chi connectivity index (χ0v) is 17.3. The Bertz CT molecular complexity index is 1020. The topological polar surface area (TPSA) is 116 Å². The molecular formula is C21H28N4O4. The van der Waals surface area contributed by atoms with Crippen LogP contribution in [0.15, 0.2) is 27.8 Å². The molecule has 0 spiro atoms. The summed E-state index contributed by atoms with van der Waals surface area (Å²) in [5.74, 6) is 0.700. The van der Waals surface area contributed by atoms with Gasteiger partial charge in [0.05, 0.1) is 24.3 Å². The van der Waals surface area contributed by atoms with E-state index in [9.17, 15) is 9.59 Å². The monoisotopic (exact) mass is 400 g/mol. The van der Waals surface area contributed by atoms with E-state index in [2.05, 4.69) is 27.3 Å². The van der Waals surface area contributed by atoms with E-state index in [1.165, 1.54) is 0 Å². The fraction of sp³-hybridized carbons (Fsp3) is 0.429. The van der Waals surface area contributed by atoms with Gasteiger partial charge in [0.2, 0.25) is 0 Å². The van der Waals surface area contributed by atoms with Crippen LogP contribution in [0.1, 0.15) is 60.7 Å². The number of aromatic amines is 4. The molecule has 0 aliphatic heterocycles. The maximum atomic E-state index is 12.6. The van der Waals surface area contributed by atoms with Crippen LogP contribution in [-0.2, 0) is 0 Å². The first-order valence-electron chi connectivity index (χ1n) is 9.91. The van der Waals surface area contributed by atoms with Crippen molar-refractivity contribution >= 4 is 0 Å². The van der Waals surface area contributed by atoms with Gasteiger partial charge in [-0.2, -0.15) is 0 Å². The molecule has 3 rings (SSSR count). The molecule has 2 heterocycles. The average molecular weight is 400 g/mol. The Morgan fingerprint density at radius 2 is 1.48 bits per heavy atom. The highest BCUT2D eigenvalue weighted by atomic mass is 16.5. The summed E-state index contributed by atoms with van der Waals surface area (Å²) in [6.07, 6.45) is 1.99. The minimum atomic E-state index is -0.552. The Labute approximate surface area is 168 Å². The molecule has 0 atom stereocenters. The number of benzene rings is 1. The quantitative estimate of drug-likeness (QED) is 0.413. The Kier molecular flexibility index (Phi) is 6.31. The van der Waals surface area contributed by atoms with Gasteiger partial charge in [-0.15, -0.1) is 0 Å². The van der Waals surface area contributed by atoms with Crippen LogP contribution >= 0.6 is 0 Å². The van der Waals surface area contributed by atoms with Gasteiger partial charge in [0.25, 0.3) is 11.1 Å². The molecule has 2 aromatic heterocycles. The van der Waals surface area contributed by atoms with Crippen molar-refractivity contribution in [2.75, 3.05) is 13.2 Å². The lowest BCUT2D eigenvalue weighted by atomic mass is 9.85. The Morgan fingerprint density at radius 1 is 0.862 bits per heavy atom. The average Bonchev–Trinajstić information content (AvgIpc) is 3.20. The maximum Gasteiger partial charge on any atom is 0.268 e. The van der Waals surface area contributed by atoms with Crippen molar-refractivity contribution in [1.29, 1.82) is 0 Å². The van der Waals surface area contributed by atoms with E-state index in [-0.39, 0.29) is 11.1 Å². The first kappa shape index (κ1) is 20.6. The molecule has 0 saturated heterocycles. The van der Waals surface area contributed by atoms with E-state index in [0.717, 1.165) is 18.4 Å². The molecule has 0 aliphatic rings. The van der Waals surface area contributed by atoms with E-state index < -0.39 is 5.92 Å². The fourth-order valence-corrected chi connectivity index (χ4v) is 3.50. The normalized spacial score (nSPS) is 11.2. The zero-order valence-electron chi connectivity index (χ0n) is 17.3.